The van der Waals surface area contributed by atoms with Gasteiger partial charge in [-0.2, -0.15) is 0 Å². The second-order valence-corrected chi connectivity index (χ2v) is 5.65. The van der Waals surface area contributed by atoms with Gasteiger partial charge in [-0.15, -0.1) is 24.2 Å². The Bertz CT molecular complexity index is 441. The Morgan fingerprint density at radius 2 is 2.10 bits per heavy atom. The van der Waals surface area contributed by atoms with Crippen LogP contribution in [0.5, 0.6) is 5.75 Å². The van der Waals surface area contributed by atoms with Crippen molar-refractivity contribution >= 4 is 30.1 Å². The summed E-state index contributed by atoms with van der Waals surface area (Å²) in [5.74, 6) is 0.740. The Balaban J connectivity index is 0.00000200. The van der Waals surface area contributed by atoms with Crippen LogP contribution < -0.4 is 10.5 Å². The van der Waals surface area contributed by atoms with Crippen molar-refractivity contribution in [2.75, 3.05) is 19.3 Å². The molecule has 0 spiro atoms. The average Bonchev–Trinajstić information content (AvgIpc) is 2.85. The molecule has 112 valence electrons. The van der Waals surface area contributed by atoms with Gasteiger partial charge in [-0.25, -0.2) is 0 Å². The Morgan fingerprint density at radius 1 is 1.45 bits per heavy atom. The van der Waals surface area contributed by atoms with E-state index in [9.17, 15) is 4.79 Å². The van der Waals surface area contributed by atoms with Crippen LogP contribution in [0.1, 0.15) is 13.3 Å². The van der Waals surface area contributed by atoms with Crippen LogP contribution in [-0.4, -0.2) is 42.3 Å². The van der Waals surface area contributed by atoms with E-state index < -0.39 is 6.10 Å². The predicted molar refractivity (Wildman–Crippen MR) is 84.7 cm³/mol. The van der Waals surface area contributed by atoms with Crippen molar-refractivity contribution in [3.8, 4) is 5.75 Å². The number of carbonyl (C=O) groups excluding carboxylic acids is 1. The lowest BCUT2D eigenvalue weighted by molar-refractivity contribution is -0.136. The number of likely N-dealkylation sites (tertiary alicyclic amines) is 1. The number of nitrogens with zero attached hydrogens (tertiary/aromatic N) is 1. The van der Waals surface area contributed by atoms with Gasteiger partial charge in [0.05, 0.1) is 0 Å². The van der Waals surface area contributed by atoms with Gasteiger partial charge in [0.2, 0.25) is 0 Å². The minimum atomic E-state index is -0.467. The van der Waals surface area contributed by atoms with E-state index in [1.807, 2.05) is 30.5 Å². The van der Waals surface area contributed by atoms with Crippen molar-refractivity contribution in [3.05, 3.63) is 24.3 Å². The summed E-state index contributed by atoms with van der Waals surface area (Å²) >= 11 is 1.68. The zero-order valence-corrected chi connectivity index (χ0v) is 13.4. The molecule has 2 rings (SSSR count). The maximum Gasteiger partial charge on any atom is 0.263 e. The van der Waals surface area contributed by atoms with E-state index in [0.29, 0.717) is 6.54 Å². The fourth-order valence-corrected chi connectivity index (χ4v) is 2.56. The molecule has 0 bridgehead atoms. The third kappa shape index (κ3) is 4.30. The zero-order chi connectivity index (χ0) is 13.8. The minimum absolute atomic E-state index is 0. The third-order valence-electron chi connectivity index (χ3n) is 3.26. The highest BCUT2D eigenvalue weighted by Gasteiger charge is 2.28. The molecular formula is C14H21ClN2O2S. The largest absolute Gasteiger partial charge is 0.481 e. The van der Waals surface area contributed by atoms with Crippen LogP contribution >= 0.6 is 24.2 Å². The Hall–Kier alpha value is -0.910. The summed E-state index contributed by atoms with van der Waals surface area (Å²) in [6.45, 7) is 3.16. The van der Waals surface area contributed by atoms with Gasteiger partial charge in [0, 0.05) is 24.0 Å². The summed E-state index contributed by atoms with van der Waals surface area (Å²) in [5.41, 5.74) is 5.81. The number of carbonyl (C=O) groups is 1. The summed E-state index contributed by atoms with van der Waals surface area (Å²) < 4.78 is 5.68. The number of benzene rings is 1. The minimum Gasteiger partial charge on any atom is -0.481 e. The number of nitrogens with two attached hydrogens (primary N) is 1. The highest BCUT2D eigenvalue weighted by atomic mass is 35.5. The van der Waals surface area contributed by atoms with E-state index in [0.717, 1.165) is 18.7 Å². The molecule has 1 heterocycles. The van der Waals surface area contributed by atoms with Crippen LogP contribution in [0.25, 0.3) is 0 Å². The molecule has 6 heteroatoms. The lowest BCUT2D eigenvalue weighted by Crippen LogP contribution is -2.40. The number of hydrogen-bond donors (Lipinski definition) is 1. The molecule has 1 aromatic carbocycles. The third-order valence-corrected chi connectivity index (χ3v) is 4.00. The molecule has 0 aromatic heterocycles. The molecule has 4 nitrogen and oxygen atoms in total. The van der Waals surface area contributed by atoms with Gasteiger partial charge in [-0.3, -0.25) is 4.79 Å². The SMILES string of the molecule is CSc1ccc(OC(C)C(=O)N2CC[C@@H](N)C2)cc1.Cl. The van der Waals surface area contributed by atoms with Crippen molar-refractivity contribution in [3.63, 3.8) is 0 Å². The van der Waals surface area contributed by atoms with E-state index >= 15 is 0 Å². The standard InChI is InChI=1S/C14H20N2O2S.ClH/c1-10(14(17)16-8-7-11(15)9-16)18-12-3-5-13(19-2)6-4-12;/h3-6,10-11H,7-9,15H2,1-2H3;1H/t10?,11-;/m1./s1. The van der Waals surface area contributed by atoms with E-state index in [1.165, 1.54) is 4.90 Å². The number of amides is 1. The van der Waals surface area contributed by atoms with E-state index in [1.54, 1.807) is 23.6 Å². The molecule has 1 unspecified atom stereocenters. The van der Waals surface area contributed by atoms with Crippen LogP contribution in [0.4, 0.5) is 0 Å². The van der Waals surface area contributed by atoms with E-state index in [2.05, 4.69) is 0 Å². The zero-order valence-electron chi connectivity index (χ0n) is 11.7. The van der Waals surface area contributed by atoms with Crippen LogP contribution in [0.2, 0.25) is 0 Å². The van der Waals surface area contributed by atoms with Gasteiger partial charge in [-0.05, 0) is 43.9 Å². The van der Waals surface area contributed by atoms with Gasteiger partial charge < -0.3 is 15.4 Å². The van der Waals surface area contributed by atoms with Crippen molar-refractivity contribution < 1.29 is 9.53 Å². The second-order valence-electron chi connectivity index (χ2n) is 4.77. The number of thioether (sulfide) groups is 1. The predicted octanol–water partition coefficient (Wildman–Crippen LogP) is 2.16. The topological polar surface area (TPSA) is 55.6 Å². The molecule has 1 aromatic rings. The summed E-state index contributed by atoms with van der Waals surface area (Å²) in [4.78, 5) is 15.1. The highest BCUT2D eigenvalue weighted by molar-refractivity contribution is 7.98. The van der Waals surface area contributed by atoms with Crippen molar-refractivity contribution in [1.82, 2.24) is 4.90 Å². The summed E-state index contributed by atoms with van der Waals surface area (Å²) in [7, 11) is 0. The maximum atomic E-state index is 12.2. The quantitative estimate of drug-likeness (QED) is 0.865. The first-order valence-corrected chi connectivity index (χ1v) is 7.67. The van der Waals surface area contributed by atoms with Gasteiger partial charge in [0.25, 0.3) is 5.91 Å². The molecule has 0 aliphatic carbocycles. The molecule has 1 aliphatic heterocycles. The van der Waals surface area contributed by atoms with Crippen LogP contribution in [0.15, 0.2) is 29.2 Å². The summed E-state index contributed by atoms with van der Waals surface area (Å²) in [6, 6.07) is 7.87. The number of rotatable bonds is 4. The molecule has 1 amide bonds. The molecule has 1 fully saturated rings. The molecule has 2 atom stereocenters. The Morgan fingerprint density at radius 3 is 2.60 bits per heavy atom. The van der Waals surface area contributed by atoms with Gasteiger partial charge in [-0.1, -0.05) is 0 Å². The average molecular weight is 317 g/mol. The van der Waals surface area contributed by atoms with Gasteiger partial charge >= 0.3 is 0 Å². The normalized spacial score (nSPS) is 19.4. The fraction of sp³-hybridized carbons (Fsp3) is 0.500. The second kappa shape index (κ2) is 7.76. The molecule has 2 N–H and O–H groups in total. The van der Waals surface area contributed by atoms with Crippen molar-refractivity contribution in [2.24, 2.45) is 5.73 Å². The first-order valence-electron chi connectivity index (χ1n) is 6.45. The van der Waals surface area contributed by atoms with E-state index in [4.69, 9.17) is 10.5 Å². The lowest BCUT2D eigenvalue weighted by atomic mass is 10.3. The number of hydrogen-bond acceptors (Lipinski definition) is 4. The fourth-order valence-electron chi connectivity index (χ4n) is 2.15. The van der Waals surface area contributed by atoms with Gasteiger partial charge in [0.15, 0.2) is 6.10 Å². The molecule has 0 radical (unpaired) electrons. The smallest absolute Gasteiger partial charge is 0.263 e. The monoisotopic (exact) mass is 316 g/mol. The molecule has 1 saturated heterocycles. The maximum absolute atomic E-state index is 12.2. The van der Waals surface area contributed by atoms with E-state index in [-0.39, 0.29) is 24.4 Å². The lowest BCUT2D eigenvalue weighted by Gasteiger charge is -2.21. The van der Waals surface area contributed by atoms with Crippen molar-refractivity contribution in [2.45, 2.75) is 30.4 Å². The number of ether oxygens (including phenoxy) is 1. The van der Waals surface area contributed by atoms with Crippen molar-refractivity contribution in [1.29, 1.82) is 0 Å². The van der Waals surface area contributed by atoms with Crippen LogP contribution in [0, 0.1) is 0 Å². The first-order chi connectivity index (χ1) is 9.10. The number of halogens is 1. The summed E-state index contributed by atoms with van der Waals surface area (Å²) in [6.07, 6.45) is 2.44. The molecule has 0 saturated carbocycles. The highest BCUT2D eigenvalue weighted by Crippen LogP contribution is 2.20. The molecule has 20 heavy (non-hydrogen) atoms. The van der Waals surface area contributed by atoms with Crippen LogP contribution in [0.3, 0.4) is 0 Å². The summed E-state index contributed by atoms with van der Waals surface area (Å²) in [5, 5.41) is 0. The van der Waals surface area contributed by atoms with Crippen LogP contribution in [-0.2, 0) is 4.79 Å². The molecule has 1 aliphatic rings. The molecular weight excluding hydrogens is 296 g/mol. The van der Waals surface area contributed by atoms with Gasteiger partial charge in [0.1, 0.15) is 5.75 Å². The Labute approximate surface area is 130 Å². The Kier molecular flexibility index (Phi) is 6.65. The first kappa shape index (κ1) is 17.1.